The Morgan fingerprint density at radius 2 is 0.958 bits per heavy atom. The van der Waals surface area contributed by atoms with Crippen molar-refractivity contribution in [2.45, 2.75) is 187 Å². The van der Waals surface area contributed by atoms with Gasteiger partial charge in [0.25, 0.3) is 7.82 Å². The standard InChI is InChI=1S/C40H80NO6P/c1-6-8-10-12-14-16-18-20-22-24-26-28-30-32-35-44-38-40(39-47-48(42,43)46-37-34-41(3,4)5)45-36-33-31-29-27-25-23-21-19-17-15-13-11-9-7-2/h32-33,35-36,40H,6-31,34,37-39H2,1-5H3/b35-32-,36-33-. The molecule has 0 amide bonds. The van der Waals surface area contributed by atoms with E-state index in [-0.39, 0.29) is 19.8 Å². The largest absolute Gasteiger partial charge is 0.756 e. The molecule has 0 aliphatic carbocycles. The van der Waals surface area contributed by atoms with Gasteiger partial charge >= 0.3 is 0 Å². The Balaban J connectivity index is 4.24. The molecule has 0 aromatic carbocycles. The average Bonchev–Trinajstić information content (AvgIpc) is 3.04. The predicted molar refractivity (Wildman–Crippen MR) is 203 cm³/mol. The van der Waals surface area contributed by atoms with Crippen LogP contribution in [0.25, 0.3) is 0 Å². The van der Waals surface area contributed by atoms with Crippen LogP contribution in [0.4, 0.5) is 0 Å². The molecule has 0 N–H and O–H groups in total. The number of rotatable bonds is 38. The van der Waals surface area contributed by atoms with Gasteiger partial charge in [0.2, 0.25) is 0 Å². The number of ether oxygens (including phenoxy) is 2. The molecule has 0 bridgehead atoms. The molecule has 0 saturated carbocycles. The number of phosphoric acid groups is 1. The van der Waals surface area contributed by atoms with E-state index in [1.165, 1.54) is 141 Å². The van der Waals surface area contributed by atoms with E-state index >= 15 is 0 Å². The Morgan fingerprint density at radius 1 is 0.562 bits per heavy atom. The Labute approximate surface area is 298 Å². The number of allylic oxidation sites excluding steroid dienone is 2. The monoisotopic (exact) mass is 702 g/mol. The molecule has 0 radical (unpaired) electrons. The van der Waals surface area contributed by atoms with Crippen LogP contribution in [0.3, 0.4) is 0 Å². The summed E-state index contributed by atoms with van der Waals surface area (Å²) in [7, 11) is 1.53. The number of hydrogen-bond acceptors (Lipinski definition) is 6. The fourth-order valence-corrected chi connectivity index (χ4v) is 6.23. The number of hydrogen-bond donors (Lipinski definition) is 0. The van der Waals surface area contributed by atoms with Crippen molar-refractivity contribution in [3.05, 3.63) is 24.7 Å². The van der Waals surface area contributed by atoms with E-state index < -0.39 is 13.9 Å². The topological polar surface area (TPSA) is 77.1 Å². The van der Waals surface area contributed by atoms with Gasteiger partial charge in [0.1, 0.15) is 19.8 Å². The van der Waals surface area contributed by atoms with Gasteiger partial charge in [0, 0.05) is 0 Å². The third kappa shape index (κ3) is 38.0. The van der Waals surface area contributed by atoms with Crippen LogP contribution in [-0.2, 0) is 23.1 Å². The second-order valence-corrected chi connectivity index (χ2v) is 16.2. The molecule has 0 aliphatic rings. The molecule has 0 spiro atoms. The Hall–Kier alpha value is -0.850. The lowest BCUT2D eigenvalue weighted by atomic mass is 10.0. The number of quaternary nitrogens is 1. The van der Waals surface area contributed by atoms with E-state index in [1.807, 2.05) is 33.3 Å². The minimum atomic E-state index is -4.42. The van der Waals surface area contributed by atoms with Crippen molar-refractivity contribution in [3.8, 4) is 0 Å². The van der Waals surface area contributed by atoms with E-state index in [4.69, 9.17) is 18.5 Å². The van der Waals surface area contributed by atoms with Crippen molar-refractivity contribution in [3.63, 3.8) is 0 Å². The van der Waals surface area contributed by atoms with Crippen molar-refractivity contribution in [1.29, 1.82) is 0 Å². The molecule has 2 atom stereocenters. The summed E-state index contributed by atoms with van der Waals surface area (Å²) in [5, 5.41) is 0. The van der Waals surface area contributed by atoms with Gasteiger partial charge in [-0.1, -0.05) is 155 Å². The highest BCUT2D eigenvalue weighted by Gasteiger charge is 2.17. The van der Waals surface area contributed by atoms with E-state index in [0.717, 1.165) is 25.7 Å². The lowest BCUT2D eigenvalue weighted by Crippen LogP contribution is -2.37. The van der Waals surface area contributed by atoms with Gasteiger partial charge in [-0.25, -0.2) is 0 Å². The molecular formula is C40H80NO6P. The zero-order valence-corrected chi connectivity index (χ0v) is 33.3. The molecule has 0 aromatic heterocycles. The number of phosphoric ester groups is 1. The molecule has 7 nitrogen and oxygen atoms in total. The summed E-state index contributed by atoms with van der Waals surface area (Å²) in [4.78, 5) is 12.3. The maximum Gasteiger partial charge on any atom is 0.268 e. The zero-order chi connectivity index (χ0) is 35.4. The van der Waals surface area contributed by atoms with Gasteiger partial charge in [-0.3, -0.25) is 4.57 Å². The quantitative estimate of drug-likeness (QED) is 0.0276. The van der Waals surface area contributed by atoms with Crippen LogP contribution in [-0.4, -0.2) is 58.1 Å². The van der Waals surface area contributed by atoms with E-state index in [1.54, 1.807) is 12.5 Å². The summed E-state index contributed by atoms with van der Waals surface area (Å²) in [6.45, 7) is 5.23. The Bertz CT molecular complexity index is 769. The second kappa shape index (κ2) is 34.6. The summed E-state index contributed by atoms with van der Waals surface area (Å²) in [6, 6.07) is 0. The third-order valence-corrected chi connectivity index (χ3v) is 9.68. The first-order valence-corrected chi connectivity index (χ1v) is 21.6. The molecule has 2 unspecified atom stereocenters. The van der Waals surface area contributed by atoms with E-state index in [2.05, 4.69) is 13.8 Å². The SMILES string of the molecule is CCCCCCCCCCCCCC/C=C\OCC(COP(=O)([O-])OCC[N+](C)(C)C)O/C=C\CCCCCCCCCCCCCC. The zero-order valence-electron chi connectivity index (χ0n) is 32.4. The van der Waals surface area contributed by atoms with Crippen LogP contribution < -0.4 is 4.89 Å². The molecule has 48 heavy (non-hydrogen) atoms. The molecule has 0 fully saturated rings. The summed E-state index contributed by atoms with van der Waals surface area (Å²) in [5.41, 5.74) is 0. The van der Waals surface area contributed by atoms with Crippen LogP contribution in [0, 0.1) is 0 Å². The van der Waals surface area contributed by atoms with Gasteiger partial charge in [0.15, 0.2) is 6.10 Å². The Kier molecular flexibility index (Phi) is 34.0. The van der Waals surface area contributed by atoms with Crippen LogP contribution in [0.2, 0.25) is 0 Å². The number of likely N-dealkylation sites (N-methyl/N-ethyl adjacent to an activating group) is 1. The van der Waals surface area contributed by atoms with Crippen molar-refractivity contribution in [2.75, 3.05) is 47.5 Å². The van der Waals surface area contributed by atoms with E-state index in [9.17, 15) is 9.46 Å². The summed E-state index contributed by atoms with van der Waals surface area (Å²) in [5.74, 6) is 0. The molecular weight excluding hydrogens is 621 g/mol. The fraction of sp³-hybridized carbons (Fsp3) is 0.900. The molecule has 0 saturated heterocycles. The van der Waals surface area contributed by atoms with Crippen LogP contribution in [0.15, 0.2) is 24.7 Å². The normalized spacial score (nSPS) is 14.2. The highest BCUT2D eigenvalue weighted by Crippen LogP contribution is 2.38. The highest BCUT2D eigenvalue weighted by molar-refractivity contribution is 7.45. The molecule has 286 valence electrons. The van der Waals surface area contributed by atoms with Crippen LogP contribution in [0.1, 0.15) is 181 Å². The van der Waals surface area contributed by atoms with Crippen molar-refractivity contribution in [2.24, 2.45) is 0 Å². The lowest BCUT2D eigenvalue weighted by Gasteiger charge is -2.28. The molecule has 0 aromatic rings. The average molecular weight is 702 g/mol. The third-order valence-electron chi connectivity index (χ3n) is 8.72. The van der Waals surface area contributed by atoms with Crippen LogP contribution >= 0.6 is 7.82 Å². The maximum atomic E-state index is 12.3. The maximum absolute atomic E-state index is 12.3. The smallest absolute Gasteiger partial charge is 0.268 e. The second-order valence-electron chi connectivity index (χ2n) is 14.8. The summed E-state index contributed by atoms with van der Waals surface area (Å²) < 4.78 is 34.7. The van der Waals surface area contributed by atoms with Gasteiger partial charge in [-0.2, -0.15) is 0 Å². The highest BCUT2D eigenvalue weighted by atomic mass is 31.2. The molecule has 0 heterocycles. The molecule has 0 aliphatic heterocycles. The number of unbranched alkanes of at least 4 members (excludes halogenated alkanes) is 24. The fourth-order valence-electron chi connectivity index (χ4n) is 5.50. The first-order chi connectivity index (χ1) is 23.2. The van der Waals surface area contributed by atoms with Crippen molar-refractivity contribution < 1.29 is 32.5 Å². The van der Waals surface area contributed by atoms with E-state index in [0.29, 0.717) is 11.0 Å². The predicted octanol–water partition coefficient (Wildman–Crippen LogP) is 11.8. The number of nitrogens with zero attached hydrogens (tertiary/aromatic N) is 1. The minimum absolute atomic E-state index is 0.0765. The van der Waals surface area contributed by atoms with Gasteiger partial charge < -0.3 is 27.9 Å². The van der Waals surface area contributed by atoms with Gasteiger partial charge in [0.05, 0.1) is 40.3 Å². The minimum Gasteiger partial charge on any atom is -0.756 e. The van der Waals surface area contributed by atoms with Crippen molar-refractivity contribution in [1.82, 2.24) is 0 Å². The Morgan fingerprint density at radius 3 is 1.38 bits per heavy atom. The lowest BCUT2D eigenvalue weighted by molar-refractivity contribution is -0.870. The molecule has 8 heteroatoms. The van der Waals surface area contributed by atoms with Crippen molar-refractivity contribution >= 4 is 7.82 Å². The van der Waals surface area contributed by atoms with Gasteiger partial charge in [-0.05, 0) is 37.8 Å². The first kappa shape index (κ1) is 47.1. The van der Waals surface area contributed by atoms with Crippen LogP contribution in [0.5, 0.6) is 0 Å². The van der Waals surface area contributed by atoms with Gasteiger partial charge in [-0.15, -0.1) is 0 Å². The summed E-state index contributed by atoms with van der Waals surface area (Å²) in [6.07, 6.45) is 40.9. The molecule has 0 rings (SSSR count). The first-order valence-electron chi connectivity index (χ1n) is 20.2. The summed E-state index contributed by atoms with van der Waals surface area (Å²) >= 11 is 0.